The lowest BCUT2D eigenvalue weighted by Gasteiger charge is -2.17. The minimum atomic E-state index is 0.0430. The first kappa shape index (κ1) is 18.3. The van der Waals surface area contributed by atoms with Gasteiger partial charge in [-0.1, -0.05) is 31.5 Å². The molecule has 0 saturated heterocycles. The Morgan fingerprint density at radius 3 is 2.00 bits per heavy atom. The Kier molecular flexibility index (Phi) is 5.22. The second-order valence-electron chi connectivity index (χ2n) is 6.93. The van der Waals surface area contributed by atoms with Crippen molar-refractivity contribution >= 4 is 11.6 Å². The average molecular weight is 326 g/mol. The first-order valence-corrected chi connectivity index (χ1v) is 8.84. The smallest absolute Gasteiger partial charge is 0.169 e. The van der Waals surface area contributed by atoms with Gasteiger partial charge < -0.3 is 5.73 Å². The second-order valence-corrected chi connectivity index (χ2v) is 6.93. The van der Waals surface area contributed by atoms with Crippen LogP contribution in [0.5, 0.6) is 0 Å². The van der Waals surface area contributed by atoms with Crippen molar-refractivity contribution in [2.45, 2.75) is 61.3 Å². The number of carbonyl (C=O) groups excluding carboxylic acids is 1. The molecule has 24 heavy (non-hydrogen) atoms. The third-order valence-corrected chi connectivity index (χ3v) is 5.21. The van der Waals surface area contributed by atoms with Crippen molar-refractivity contribution < 1.29 is 4.79 Å². The van der Waals surface area contributed by atoms with E-state index in [0.29, 0.717) is 11.4 Å². The lowest BCUT2D eigenvalue weighted by Crippen LogP contribution is -2.16. The van der Waals surface area contributed by atoms with Crippen LogP contribution in [0.4, 0.5) is 5.82 Å². The van der Waals surface area contributed by atoms with Crippen LogP contribution in [-0.2, 0) is 0 Å². The summed E-state index contributed by atoms with van der Waals surface area (Å²) in [4.78, 5) is 13.0. The predicted molar refractivity (Wildman–Crippen MR) is 102 cm³/mol. The van der Waals surface area contributed by atoms with Crippen molar-refractivity contribution in [3.63, 3.8) is 0 Å². The number of Topliss-reactive ketones (excluding diaryl/α,β-unsaturated/α-hetero) is 1. The summed E-state index contributed by atoms with van der Waals surface area (Å²) in [6.07, 6.45) is 1.70. The van der Waals surface area contributed by atoms with Crippen molar-refractivity contribution in [3.05, 3.63) is 45.6 Å². The second kappa shape index (κ2) is 6.84. The fourth-order valence-corrected chi connectivity index (χ4v) is 3.82. The topological polar surface area (TPSA) is 48.0 Å². The molecular weight excluding hydrogens is 296 g/mol. The zero-order valence-electron chi connectivity index (χ0n) is 16.1. The zero-order valence-corrected chi connectivity index (χ0v) is 16.1. The minimum Gasteiger partial charge on any atom is -0.384 e. The first-order chi connectivity index (χ1) is 11.2. The highest BCUT2D eigenvalue weighted by atomic mass is 16.1. The Hall–Kier alpha value is -2.03. The normalized spacial score (nSPS) is 11.3. The molecule has 0 radical (unpaired) electrons. The molecule has 2 aromatic rings. The SMILES string of the molecule is CCC(CC)C(=O)c1c(C)c(C)n(-c2c(C)cc(C)cc2C)c1N. The Morgan fingerprint density at radius 2 is 1.54 bits per heavy atom. The maximum absolute atomic E-state index is 13.0. The monoisotopic (exact) mass is 326 g/mol. The van der Waals surface area contributed by atoms with E-state index in [-0.39, 0.29) is 11.7 Å². The Bertz CT molecular complexity index is 757. The summed E-state index contributed by atoms with van der Waals surface area (Å²) in [5.74, 6) is 0.803. The van der Waals surface area contributed by atoms with Crippen molar-refractivity contribution in [2.75, 3.05) is 5.73 Å². The molecule has 1 aromatic heterocycles. The fourth-order valence-electron chi connectivity index (χ4n) is 3.82. The number of hydrogen-bond donors (Lipinski definition) is 1. The number of aromatic nitrogens is 1. The number of anilines is 1. The molecule has 0 aliphatic carbocycles. The molecule has 0 atom stereocenters. The van der Waals surface area contributed by atoms with Gasteiger partial charge in [0.15, 0.2) is 5.78 Å². The Balaban J connectivity index is 2.72. The summed E-state index contributed by atoms with van der Waals surface area (Å²) in [5.41, 5.74) is 14.0. The molecule has 0 bridgehead atoms. The third-order valence-electron chi connectivity index (χ3n) is 5.21. The Morgan fingerprint density at radius 1 is 1.04 bits per heavy atom. The van der Waals surface area contributed by atoms with E-state index in [0.717, 1.165) is 29.8 Å². The van der Waals surface area contributed by atoms with E-state index < -0.39 is 0 Å². The van der Waals surface area contributed by atoms with Crippen LogP contribution in [0.2, 0.25) is 0 Å². The van der Waals surface area contributed by atoms with Gasteiger partial charge in [0, 0.05) is 11.6 Å². The molecule has 0 fully saturated rings. The van der Waals surface area contributed by atoms with E-state index in [2.05, 4.69) is 51.3 Å². The summed E-state index contributed by atoms with van der Waals surface area (Å²) < 4.78 is 2.06. The number of hydrogen-bond acceptors (Lipinski definition) is 2. The average Bonchev–Trinajstić information content (AvgIpc) is 2.71. The molecule has 2 rings (SSSR count). The molecule has 0 unspecified atom stereocenters. The maximum Gasteiger partial charge on any atom is 0.169 e. The van der Waals surface area contributed by atoms with Gasteiger partial charge in [-0.3, -0.25) is 9.36 Å². The van der Waals surface area contributed by atoms with Crippen molar-refractivity contribution in [2.24, 2.45) is 5.92 Å². The number of nitrogens with two attached hydrogens (primary N) is 1. The molecule has 1 heterocycles. The third kappa shape index (κ3) is 2.88. The van der Waals surface area contributed by atoms with E-state index in [4.69, 9.17) is 5.73 Å². The molecule has 3 nitrogen and oxygen atoms in total. The van der Waals surface area contributed by atoms with Gasteiger partial charge >= 0.3 is 0 Å². The van der Waals surface area contributed by atoms with E-state index in [9.17, 15) is 4.79 Å². The maximum atomic E-state index is 13.0. The molecule has 0 aliphatic rings. The molecule has 1 aromatic carbocycles. The van der Waals surface area contributed by atoms with Crippen molar-refractivity contribution in [3.8, 4) is 5.69 Å². The van der Waals surface area contributed by atoms with Gasteiger partial charge in [0.25, 0.3) is 0 Å². The van der Waals surface area contributed by atoms with Crippen molar-refractivity contribution in [1.29, 1.82) is 0 Å². The van der Waals surface area contributed by atoms with Crippen LogP contribution in [0, 0.1) is 40.5 Å². The van der Waals surface area contributed by atoms with Gasteiger partial charge in [0.1, 0.15) is 5.82 Å². The molecular formula is C21H30N2O. The van der Waals surface area contributed by atoms with Gasteiger partial charge in [-0.2, -0.15) is 0 Å². The zero-order chi connectivity index (χ0) is 18.2. The van der Waals surface area contributed by atoms with Gasteiger partial charge in [0.2, 0.25) is 0 Å². The fraction of sp³-hybridized carbons (Fsp3) is 0.476. The molecule has 130 valence electrons. The van der Waals surface area contributed by atoms with Gasteiger partial charge in [0.05, 0.1) is 11.3 Å². The number of nitrogen functional groups attached to an aromatic ring is 1. The van der Waals surface area contributed by atoms with Gasteiger partial charge in [-0.05, 0) is 64.2 Å². The Labute approximate surface area is 145 Å². The first-order valence-electron chi connectivity index (χ1n) is 8.84. The van der Waals surface area contributed by atoms with Crippen LogP contribution < -0.4 is 5.73 Å². The standard InChI is InChI=1S/C21H30N2O/c1-8-17(9-2)20(24)18-15(6)16(7)23(21(18)22)19-13(4)10-12(3)11-14(19)5/h10-11,17H,8-9,22H2,1-7H3. The highest BCUT2D eigenvalue weighted by molar-refractivity contribution is 6.04. The van der Waals surface area contributed by atoms with Crippen LogP contribution in [0.1, 0.15) is 65.0 Å². The van der Waals surface area contributed by atoms with Gasteiger partial charge in [-0.25, -0.2) is 0 Å². The summed E-state index contributed by atoms with van der Waals surface area (Å²) in [6, 6.07) is 4.33. The van der Waals surface area contributed by atoms with Crippen molar-refractivity contribution in [1.82, 2.24) is 4.57 Å². The van der Waals surface area contributed by atoms with Crippen LogP contribution in [0.3, 0.4) is 0 Å². The summed E-state index contributed by atoms with van der Waals surface area (Å²) >= 11 is 0. The molecule has 0 saturated carbocycles. The van der Waals surface area contributed by atoms with E-state index in [1.165, 1.54) is 16.7 Å². The molecule has 3 heteroatoms. The predicted octanol–water partition coefficient (Wildman–Crippen LogP) is 5.22. The van der Waals surface area contributed by atoms with Crippen LogP contribution >= 0.6 is 0 Å². The van der Waals surface area contributed by atoms with Gasteiger partial charge in [-0.15, -0.1) is 0 Å². The summed E-state index contributed by atoms with van der Waals surface area (Å²) in [7, 11) is 0. The highest BCUT2D eigenvalue weighted by Crippen LogP contribution is 2.34. The molecule has 0 aliphatic heterocycles. The van der Waals surface area contributed by atoms with Crippen LogP contribution in [0.15, 0.2) is 12.1 Å². The largest absolute Gasteiger partial charge is 0.384 e. The highest BCUT2D eigenvalue weighted by Gasteiger charge is 2.27. The van der Waals surface area contributed by atoms with E-state index in [1.807, 2.05) is 13.8 Å². The number of carbonyl (C=O) groups is 1. The quantitative estimate of drug-likeness (QED) is 0.766. The van der Waals surface area contributed by atoms with E-state index in [1.54, 1.807) is 0 Å². The van der Waals surface area contributed by atoms with Crippen LogP contribution in [-0.4, -0.2) is 10.4 Å². The number of nitrogens with zero attached hydrogens (tertiary/aromatic N) is 1. The minimum absolute atomic E-state index is 0.0430. The molecule has 0 amide bonds. The number of aryl methyl sites for hydroxylation is 3. The lowest BCUT2D eigenvalue weighted by atomic mass is 9.92. The summed E-state index contributed by atoms with van der Waals surface area (Å²) in [5, 5.41) is 0. The van der Waals surface area contributed by atoms with E-state index >= 15 is 0 Å². The molecule has 2 N–H and O–H groups in total. The lowest BCUT2D eigenvalue weighted by molar-refractivity contribution is 0.0914. The number of ketones is 1. The summed E-state index contributed by atoms with van der Waals surface area (Å²) in [6.45, 7) is 14.5. The number of rotatable bonds is 5. The molecule has 0 spiro atoms. The number of benzene rings is 1. The van der Waals surface area contributed by atoms with Crippen LogP contribution in [0.25, 0.3) is 5.69 Å².